The molecule has 1 aliphatic heterocycles. The van der Waals surface area contributed by atoms with Gasteiger partial charge in [0.15, 0.2) is 0 Å². The first-order valence-electron chi connectivity index (χ1n) is 6.98. The van der Waals surface area contributed by atoms with E-state index in [1.165, 1.54) is 24.3 Å². The van der Waals surface area contributed by atoms with E-state index in [1.807, 2.05) is 0 Å². The van der Waals surface area contributed by atoms with E-state index in [9.17, 15) is 0 Å². The average molecular weight is 269 g/mol. The van der Waals surface area contributed by atoms with E-state index < -0.39 is 0 Å². The maximum atomic E-state index is 5.70. The van der Waals surface area contributed by atoms with Gasteiger partial charge in [-0.2, -0.15) is 11.8 Å². The van der Waals surface area contributed by atoms with Crippen molar-refractivity contribution in [1.29, 1.82) is 0 Å². The molecule has 102 valence electrons. The predicted molar refractivity (Wildman–Crippen MR) is 74.9 cm³/mol. The zero-order valence-corrected chi connectivity index (χ0v) is 12.0. The maximum absolute atomic E-state index is 5.70. The summed E-state index contributed by atoms with van der Waals surface area (Å²) in [4.78, 5) is 0. The summed E-state index contributed by atoms with van der Waals surface area (Å²) >= 11 is 2.06. The Morgan fingerprint density at radius 2 is 2.00 bits per heavy atom. The number of nitrogens with zero attached hydrogens (tertiary/aromatic N) is 2. The molecule has 5 heteroatoms. The summed E-state index contributed by atoms with van der Waals surface area (Å²) < 4.78 is 5.70. The van der Waals surface area contributed by atoms with Crippen LogP contribution in [0.25, 0.3) is 0 Å². The number of aromatic nitrogens is 2. The Morgan fingerprint density at radius 1 is 1.22 bits per heavy atom. The molecule has 0 aromatic carbocycles. The SMILES string of the molecule is CCCNCCc1nnc(CC2CCSCC2)o1. The van der Waals surface area contributed by atoms with Gasteiger partial charge in [0.1, 0.15) is 0 Å². The van der Waals surface area contributed by atoms with Crippen LogP contribution in [0.5, 0.6) is 0 Å². The van der Waals surface area contributed by atoms with Crippen LogP contribution in [0.2, 0.25) is 0 Å². The van der Waals surface area contributed by atoms with E-state index in [4.69, 9.17) is 4.42 Å². The van der Waals surface area contributed by atoms with Gasteiger partial charge in [0.05, 0.1) is 0 Å². The minimum Gasteiger partial charge on any atom is -0.425 e. The number of hydrogen-bond acceptors (Lipinski definition) is 5. The Hall–Kier alpha value is -0.550. The molecular formula is C13H23N3OS. The quantitative estimate of drug-likeness (QED) is 0.770. The van der Waals surface area contributed by atoms with Crippen LogP contribution in [0.1, 0.15) is 38.0 Å². The zero-order chi connectivity index (χ0) is 12.6. The van der Waals surface area contributed by atoms with E-state index >= 15 is 0 Å². The summed E-state index contributed by atoms with van der Waals surface area (Å²) in [6.45, 7) is 4.15. The second-order valence-corrected chi connectivity index (χ2v) is 6.07. The molecule has 0 bridgehead atoms. The molecule has 1 aromatic heterocycles. The monoisotopic (exact) mass is 269 g/mol. The topological polar surface area (TPSA) is 51.0 Å². The number of thioether (sulfide) groups is 1. The molecule has 2 rings (SSSR count). The lowest BCUT2D eigenvalue weighted by Gasteiger charge is -2.19. The lowest BCUT2D eigenvalue weighted by Crippen LogP contribution is -2.17. The first-order chi connectivity index (χ1) is 8.88. The summed E-state index contributed by atoms with van der Waals surface area (Å²) in [5, 5.41) is 11.6. The lowest BCUT2D eigenvalue weighted by atomic mass is 9.99. The Labute approximate surface area is 113 Å². The fourth-order valence-corrected chi connectivity index (χ4v) is 3.37. The second-order valence-electron chi connectivity index (χ2n) is 4.85. The van der Waals surface area contributed by atoms with Crippen LogP contribution < -0.4 is 5.32 Å². The van der Waals surface area contributed by atoms with Crippen molar-refractivity contribution in [1.82, 2.24) is 15.5 Å². The van der Waals surface area contributed by atoms with E-state index in [1.54, 1.807) is 0 Å². The molecule has 1 fully saturated rings. The van der Waals surface area contributed by atoms with Crippen molar-refractivity contribution in [3.05, 3.63) is 11.8 Å². The van der Waals surface area contributed by atoms with Crippen LogP contribution in [-0.4, -0.2) is 34.8 Å². The second kappa shape index (κ2) is 7.79. The molecule has 0 saturated carbocycles. The van der Waals surface area contributed by atoms with Crippen molar-refractivity contribution < 1.29 is 4.42 Å². The summed E-state index contributed by atoms with van der Waals surface area (Å²) in [6.07, 6.45) is 5.55. The molecule has 4 nitrogen and oxygen atoms in total. The van der Waals surface area contributed by atoms with Crippen molar-refractivity contribution in [2.45, 2.75) is 39.0 Å². The van der Waals surface area contributed by atoms with Crippen molar-refractivity contribution in [3.63, 3.8) is 0 Å². The lowest BCUT2D eigenvalue weighted by molar-refractivity contribution is 0.389. The molecule has 1 saturated heterocycles. The van der Waals surface area contributed by atoms with E-state index in [0.29, 0.717) is 0 Å². The van der Waals surface area contributed by atoms with Gasteiger partial charge in [-0.1, -0.05) is 6.92 Å². The molecule has 1 aliphatic rings. The third-order valence-electron chi connectivity index (χ3n) is 3.26. The number of hydrogen-bond donors (Lipinski definition) is 1. The van der Waals surface area contributed by atoms with Crippen molar-refractivity contribution in [2.75, 3.05) is 24.6 Å². The van der Waals surface area contributed by atoms with Gasteiger partial charge < -0.3 is 9.73 Å². The van der Waals surface area contributed by atoms with Gasteiger partial charge in [0.2, 0.25) is 11.8 Å². The van der Waals surface area contributed by atoms with Crippen molar-refractivity contribution in [3.8, 4) is 0 Å². The summed E-state index contributed by atoms with van der Waals surface area (Å²) in [5.74, 6) is 4.92. The van der Waals surface area contributed by atoms with Crippen molar-refractivity contribution >= 4 is 11.8 Å². The molecule has 1 aromatic rings. The van der Waals surface area contributed by atoms with Gasteiger partial charge in [0.25, 0.3) is 0 Å². The van der Waals surface area contributed by atoms with Crippen LogP contribution in [0, 0.1) is 5.92 Å². The minimum absolute atomic E-state index is 0.748. The fraction of sp³-hybridized carbons (Fsp3) is 0.846. The molecule has 0 atom stereocenters. The Kier molecular flexibility index (Phi) is 6.00. The molecule has 0 spiro atoms. The molecule has 0 amide bonds. The third kappa shape index (κ3) is 4.61. The Balaban J connectivity index is 1.71. The highest BCUT2D eigenvalue weighted by molar-refractivity contribution is 7.99. The smallest absolute Gasteiger partial charge is 0.217 e. The summed E-state index contributed by atoms with van der Waals surface area (Å²) in [7, 11) is 0. The number of rotatable bonds is 7. The number of nitrogens with one attached hydrogen (secondary N) is 1. The largest absolute Gasteiger partial charge is 0.425 e. The Morgan fingerprint density at radius 3 is 2.78 bits per heavy atom. The zero-order valence-electron chi connectivity index (χ0n) is 11.2. The Bertz CT molecular complexity index is 337. The van der Waals surface area contributed by atoms with Gasteiger partial charge in [-0.05, 0) is 43.2 Å². The molecule has 18 heavy (non-hydrogen) atoms. The molecule has 0 unspecified atom stereocenters. The van der Waals surface area contributed by atoms with E-state index in [-0.39, 0.29) is 0 Å². The maximum Gasteiger partial charge on any atom is 0.217 e. The van der Waals surface area contributed by atoms with Crippen LogP contribution in [0.15, 0.2) is 4.42 Å². The van der Waals surface area contributed by atoms with E-state index in [0.717, 1.165) is 50.1 Å². The first kappa shape index (κ1) is 13.9. The van der Waals surface area contributed by atoms with Gasteiger partial charge >= 0.3 is 0 Å². The van der Waals surface area contributed by atoms with Crippen LogP contribution in [0.3, 0.4) is 0 Å². The predicted octanol–water partition coefficient (Wildman–Crippen LogP) is 2.30. The molecule has 0 aliphatic carbocycles. The van der Waals surface area contributed by atoms with E-state index in [2.05, 4.69) is 34.2 Å². The highest BCUT2D eigenvalue weighted by Crippen LogP contribution is 2.25. The highest BCUT2D eigenvalue weighted by Gasteiger charge is 2.17. The third-order valence-corrected chi connectivity index (χ3v) is 4.30. The summed E-state index contributed by atoms with van der Waals surface area (Å²) in [5.41, 5.74) is 0. The molecular weight excluding hydrogens is 246 g/mol. The summed E-state index contributed by atoms with van der Waals surface area (Å²) in [6, 6.07) is 0. The van der Waals surface area contributed by atoms with Crippen LogP contribution in [0.4, 0.5) is 0 Å². The van der Waals surface area contributed by atoms with Crippen molar-refractivity contribution in [2.24, 2.45) is 5.92 Å². The van der Waals surface area contributed by atoms with Gasteiger partial charge in [-0.15, -0.1) is 10.2 Å². The minimum atomic E-state index is 0.748. The normalized spacial score (nSPS) is 17.2. The molecule has 0 radical (unpaired) electrons. The molecule has 2 heterocycles. The van der Waals surface area contributed by atoms with Crippen LogP contribution in [-0.2, 0) is 12.8 Å². The first-order valence-corrected chi connectivity index (χ1v) is 8.13. The van der Waals surface area contributed by atoms with Crippen LogP contribution >= 0.6 is 11.8 Å². The van der Waals surface area contributed by atoms with Gasteiger partial charge in [0, 0.05) is 19.4 Å². The van der Waals surface area contributed by atoms with Gasteiger partial charge in [-0.3, -0.25) is 0 Å². The molecule has 1 N–H and O–H groups in total. The fourth-order valence-electron chi connectivity index (χ4n) is 2.17. The average Bonchev–Trinajstić information content (AvgIpc) is 2.84. The van der Waals surface area contributed by atoms with Gasteiger partial charge in [-0.25, -0.2) is 0 Å². The standard InChI is InChI=1S/C13H23N3OS/c1-2-6-14-7-3-12-15-16-13(17-12)10-11-4-8-18-9-5-11/h11,14H,2-10H2,1H3. The highest BCUT2D eigenvalue weighted by atomic mass is 32.2.